The van der Waals surface area contributed by atoms with Crippen LogP contribution in [0.25, 0.3) is 0 Å². The molecule has 116 valence electrons. The van der Waals surface area contributed by atoms with E-state index in [2.05, 4.69) is 9.72 Å². The largest absolute Gasteiger partial charge is 0.464 e. The number of aromatic nitrogens is 1. The number of halogens is 3. The Morgan fingerprint density at radius 1 is 1.23 bits per heavy atom. The zero-order valence-corrected chi connectivity index (χ0v) is 11.3. The first-order chi connectivity index (χ1) is 10.3. The second-order valence-corrected chi connectivity index (χ2v) is 4.22. The van der Waals surface area contributed by atoms with Crippen molar-refractivity contribution >= 4 is 11.7 Å². The maximum Gasteiger partial charge on any atom is 0.416 e. The Bertz CT molecular complexity index is 685. The van der Waals surface area contributed by atoms with Crippen LogP contribution in [0.3, 0.4) is 0 Å². The molecule has 0 amide bonds. The van der Waals surface area contributed by atoms with Gasteiger partial charge in [0.15, 0.2) is 0 Å². The van der Waals surface area contributed by atoms with Crippen molar-refractivity contribution in [3.63, 3.8) is 0 Å². The molecule has 2 aromatic rings. The molecule has 1 heterocycles. The van der Waals surface area contributed by atoms with Gasteiger partial charge in [0.2, 0.25) is 0 Å². The summed E-state index contributed by atoms with van der Waals surface area (Å²) in [6.45, 7) is 0. The maximum absolute atomic E-state index is 12.5. The summed E-state index contributed by atoms with van der Waals surface area (Å²) in [4.78, 5) is 15.0. The van der Waals surface area contributed by atoms with E-state index in [-0.39, 0.29) is 22.9 Å². The standard InChI is InChI=1S/C14H11F3N2O3/c1-21-13(20)11-4-3-9(7-19-11)22-12-5-2-8(6-10(12)18)14(15,16)17/h2-7H,18H2,1H3. The molecule has 0 aliphatic carbocycles. The second-order valence-electron chi connectivity index (χ2n) is 4.22. The van der Waals surface area contributed by atoms with Gasteiger partial charge < -0.3 is 15.2 Å². The Labute approximate surface area is 123 Å². The number of esters is 1. The molecule has 0 saturated carbocycles. The van der Waals surface area contributed by atoms with Crippen molar-refractivity contribution in [2.75, 3.05) is 12.8 Å². The molecule has 0 aliphatic rings. The first kappa shape index (κ1) is 15.6. The SMILES string of the molecule is COC(=O)c1ccc(Oc2ccc(C(F)(F)F)cc2N)cn1. The van der Waals surface area contributed by atoms with E-state index in [1.165, 1.54) is 25.4 Å². The third kappa shape index (κ3) is 3.46. The molecule has 0 fully saturated rings. The van der Waals surface area contributed by atoms with Gasteiger partial charge in [-0.2, -0.15) is 13.2 Å². The fourth-order valence-corrected chi connectivity index (χ4v) is 1.61. The Hall–Kier alpha value is -2.77. The number of pyridine rings is 1. The van der Waals surface area contributed by atoms with Gasteiger partial charge >= 0.3 is 12.1 Å². The van der Waals surface area contributed by atoms with E-state index >= 15 is 0 Å². The van der Waals surface area contributed by atoms with Crippen LogP contribution in [0.2, 0.25) is 0 Å². The number of anilines is 1. The minimum Gasteiger partial charge on any atom is -0.464 e. The van der Waals surface area contributed by atoms with Gasteiger partial charge in [0, 0.05) is 0 Å². The van der Waals surface area contributed by atoms with Crippen molar-refractivity contribution < 1.29 is 27.4 Å². The van der Waals surface area contributed by atoms with Crippen molar-refractivity contribution in [2.24, 2.45) is 0 Å². The summed E-state index contributed by atoms with van der Waals surface area (Å²) in [6.07, 6.45) is -3.24. The summed E-state index contributed by atoms with van der Waals surface area (Å²) >= 11 is 0. The van der Waals surface area contributed by atoms with Crippen LogP contribution in [-0.4, -0.2) is 18.1 Å². The average Bonchev–Trinajstić information content (AvgIpc) is 2.48. The lowest BCUT2D eigenvalue weighted by Crippen LogP contribution is -2.06. The highest BCUT2D eigenvalue weighted by Crippen LogP contribution is 2.35. The fraction of sp³-hybridized carbons (Fsp3) is 0.143. The number of alkyl halides is 3. The molecule has 0 saturated heterocycles. The molecule has 0 aliphatic heterocycles. The summed E-state index contributed by atoms with van der Waals surface area (Å²) in [7, 11) is 1.22. The smallest absolute Gasteiger partial charge is 0.416 e. The zero-order valence-electron chi connectivity index (χ0n) is 11.3. The maximum atomic E-state index is 12.5. The lowest BCUT2D eigenvalue weighted by molar-refractivity contribution is -0.137. The number of nitrogen functional groups attached to an aromatic ring is 1. The number of benzene rings is 1. The molecule has 8 heteroatoms. The summed E-state index contributed by atoms with van der Waals surface area (Å²) in [5.74, 6) is -0.333. The van der Waals surface area contributed by atoms with E-state index in [0.717, 1.165) is 18.2 Å². The second kappa shape index (κ2) is 5.92. The van der Waals surface area contributed by atoms with E-state index in [0.29, 0.717) is 0 Å². The van der Waals surface area contributed by atoms with Gasteiger partial charge in [-0.25, -0.2) is 9.78 Å². The predicted octanol–water partition coefficient (Wildman–Crippen LogP) is 3.26. The van der Waals surface area contributed by atoms with E-state index in [9.17, 15) is 18.0 Å². The number of hydrogen-bond donors (Lipinski definition) is 1. The number of carbonyl (C=O) groups excluding carboxylic acids is 1. The van der Waals surface area contributed by atoms with Crippen molar-refractivity contribution in [1.29, 1.82) is 0 Å². The highest BCUT2D eigenvalue weighted by molar-refractivity contribution is 5.87. The van der Waals surface area contributed by atoms with Gasteiger partial charge in [0.25, 0.3) is 0 Å². The third-order valence-electron chi connectivity index (χ3n) is 2.70. The molecular formula is C14H11F3N2O3. The van der Waals surface area contributed by atoms with Gasteiger partial charge in [-0.05, 0) is 30.3 Å². The van der Waals surface area contributed by atoms with Crippen molar-refractivity contribution in [3.8, 4) is 11.5 Å². The monoisotopic (exact) mass is 312 g/mol. The van der Waals surface area contributed by atoms with E-state index < -0.39 is 17.7 Å². The highest BCUT2D eigenvalue weighted by atomic mass is 19.4. The van der Waals surface area contributed by atoms with Crippen molar-refractivity contribution in [3.05, 3.63) is 47.8 Å². The Balaban J connectivity index is 2.19. The van der Waals surface area contributed by atoms with Crippen LogP contribution in [-0.2, 0) is 10.9 Å². The summed E-state index contributed by atoms with van der Waals surface area (Å²) < 4.78 is 47.4. The van der Waals surface area contributed by atoms with Crippen LogP contribution in [0.1, 0.15) is 16.1 Å². The van der Waals surface area contributed by atoms with Crippen LogP contribution in [0.15, 0.2) is 36.5 Å². The first-order valence-corrected chi connectivity index (χ1v) is 6.00. The lowest BCUT2D eigenvalue weighted by atomic mass is 10.2. The van der Waals surface area contributed by atoms with Crippen molar-refractivity contribution in [2.45, 2.75) is 6.18 Å². The number of methoxy groups -OCH3 is 1. The minimum absolute atomic E-state index is 0.0561. The summed E-state index contributed by atoms with van der Waals surface area (Å²) in [6, 6.07) is 5.55. The van der Waals surface area contributed by atoms with Crippen LogP contribution in [0.4, 0.5) is 18.9 Å². The lowest BCUT2D eigenvalue weighted by Gasteiger charge is -2.11. The molecule has 0 bridgehead atoms. The van der Waals surface area contributed by atoms with Gasteiger partial charge in [0.05, 0.1) is 24.6 Å². The third-order valence-corrected chi connectivity index (χ3v) is 2.70. The molecule has 0 spiro atoms. The van der Waals surface area contributed by atoms with Gasteiger partial charge in [0.1, 0.15) is 17.2 Å². The Kier molecular flexibility index (Phi) is 4.20. The Morgan fingerprint density at radius 3 is 2.45 bits per heavy atom. The van der Waals surface area contributed by atoms with E-state index in [1.54, 1.807) is 0 Å². The van der Waals surface area contributed by atoms with Crippen LogP contribution < -0.4 is 10.5 Å². The zero-order chi connectivity index (χ0) is 16.3. The molecule has 0 unspecified atom stereocenters. The molecule has 0 radical (unpaired) electrons. The quantitative estimate of drug-likeness (QED) is 0.695. The van der Waals surface area contributed by atoms with Crippen LogP contribution >= 0.6 is 0 Å². The molecule has 0 atom stereocenters. The summed E-state index contributed by atoms with van der Waals surface area (Å²) in [5, 5.41) is 0. The Morgan fingerprint density at radius 2 is 1.95 bits per heavy atom. The molecule has 2 rings (SSSR count). The number of hydrogen-bond acceptors (Lipinski definition) is 5. The normalized spacial score (nSPS) is 11.1. The van der Waals surface area contributed by atoms with Gasteiger partial charge in [-0.15, -0.1) is 0 Å². The first-order valence-electron chi connectivity index (χ1n) is 6.00. The number of rotatable bonds is 3. The molecule has 1 aromatic heterocycles. The molecular weight excluding hydrogens is 301 g/mol. The molecule has 1 aromatic carbocycles. The summed E-state index contributed by atoms with van der Waals surface area (Å²) in [5.41, 5.74) is 4.60. The van der Waals surface area contributed by atoms with E-state index in [1.807, 2.05) is 0 Å². The molecule has 5 nitrogen and oxygen atoms in total. The molecule has 2 N–H and O–H groups in total. The van der Waals surface area contributed by atoms with Gasteiger partial charge in [-0.3, -0.25) is 0 Å². The topological polar surface area (TPSA) is 74.4 Å². The fourth-order valence-electron chi connectivity index (χ4n) is 1.61. The number of nitrogens with zero attached hydrogens (tertiary/aromatic N) is 1. The predicted molar refractivity (Wildman–Crippen MR) is 71.5 cm³/mol. The minimum atomic E-state index is -4.48. The average molecular weight is 312 g/mol. The van der Waals surface area contributed by atoms with Gasteiger partial charge in [-0.1, -0.05) is 0 Å². The molecule has 22 heavy (non-hydrogen) atoms. The number of carbonyl (C=O) groups is 1. The van der Waals surface area contributed by atoms with E-state index in [4.69, 9.17) is 10.5 Å². The van der Waals surface area contributed by atoms with Crippen LogP contribution in [0.5, 0.6) is 11.5 Å². The van der Waals surface area contributed by atoms with Crippen LogP contribution in [0, 0.1) is 0 Å². The number of nitrogens with two attached hydrogens (primary N) is 1. The van der Waals surface area contributed by atoms with Crippen molar-refractivity contribution in [1.82, 2.24) is 4.98 Å². The number of ether oxygens (including phenoxy) is 2. The highest BCUT2D eigenvalue weighted by Gasteiger charge is 2.31.